The highest BCUT2D eigenvalue weighted by molar-refractivity contribution is 5.65. The molecule has 4 nitrogen and oxygen atoms in total. The summed E-state index contributed by atoms with van der Waals surface area (Å²) in [5.74, 6) is 0. The lowest BCUT2D eigenvalue weighted by atomic mass is 9.93. The zero-order valence-electron chi connectivity index (χ0n) is 11.7. The van der Waals surface area contributed by atoms with Crippen molar-refractivity contribution >= 4 is 0 Å². The third-order valence-corrected chi connectivity index (χ3v) is 3.68. The van der Waals surface area contributed by atoms with E-state index in [4.69, 9.17) is 4.74 Å². The standard InChI is InChI=1S/C16H19N3O/c1-17-11-16-14-5-2-4-13(12(14)6-3-9-20-16)15-10-18-7-8-19-15/h2,4-5,7-8,10,16-17H,3,6,9,11H2,1H3. The summed E-state index contributed by atoms with van der Waals surface area (Å²) in [4.78, 5) is 8.62. The minimum absolute atomic E-state index is 0.120. The molecule has 0 saturated carbocycles. The fourth-order valence-electron chi connectivity index (χ4n) is 2.78. The predicted octanol–water partition coefficient (Wildman–Crippen LogP) is 2.37. The first kappa shape index (κ1) is 13.2. The van der Waals surface area contributed by atoms with Gasteiger partial charge in [-0.05, 0) is 31.0 Å². The smallest absolute Gasteiger partial charge is 0.0951 e. The van der Waals surface area contributed by atoms with Gasteiger partial charge in [-0.1, -0.05) is 18.2 Å². The van der Waals surface area contributed by atoms with Crippen LogP contribution in [0.25, 0.3) is 11.3 Å². The van der Waals surface area contributed by atoms with E-state index in [1.54, 1.807) is 12.4 Å². The van der Waals surface area contributed by atoms with Crippen molar-refractivity contribution in [2.75, 3.05) is 20.2 Å². The van der Waals surface area contributed by atoms with Crippen LogP contribution in [0.15, 0.2) is 36.8 Å². The van der Waals surface area contributed by atoms with Crippen LogP contribution >= 0.6 is 0 Å². The summed E-state index contributed by atoms with van der Waals surface area (Å²) in [6, 6.07) is 6.38. The Labute approximate surface area is 119 Å². The monoisotopic (exact) mass is 269 g/mol. The van der Waals surface area contributed by atoms with Crippen molar-refractivity contribution in [1.82, 2.24) is 15.3 Å². The average Bonchev–Trinajstić information content (AvgIpc) is 2.71. The van der Waals surface area contributed by atoms with Gasteiger partial charge in [-0.2, -0.15) is 0 Å². The zero-order valence-corrected chi connectivity index (χ0v) is 11.7. The molecule has 0 spiro atoms. The number of hydrogen-bond donors (Lipinski definition) is 1. The zero-order chi connectivity index (χ0) is 13.8. The molecule has 104 valence electrons. The van der Waals surface area contributed by atoms with Crippen molar-refractivity contribution in [3.63, 3.8) is 0 Å². The maximum absolute atomic E-state index is 5.96. The average molecular weight is 269 g/mol. The van der Waals surface area contributed by atoms with Gasteiger partial charge in [0.15, 0.2) is 0 Å². The van der Waals surface area contributed by atoms with Crippen molar-refractivity contribution in [1.29, 1.82) is 0 Å². The molecule has 0 fully saturated rings. The van der Waals surface area contributed by atoms with Crippen LogP contribution in [0.2, 0.25) is 0 Å². The van der Waals surface area contributed by atoms with Crippen LogP contribution in [0.5, 0.6) is 0 Å². The summed E-state index contributed by atoms with van der Waals surface area (Å²) in [7, 11) is 1.96. The Balaban J connectivity index is 2.08. The van der Waals surface area contributed by atoms with E-state index < -0.39 is 0 Å². The van der Waals surface area contributed by atoms with Crippen LogP contribution in [-0.4, -0.2) is 30.2 Å². The number of rotatable bonds is 3. The minimum atomic E-state index is 0.120. The van der Waals surface area contributed by atoms with Crippen molar-refractivity contribution in [3.05, 3.63) is 47.9 Å². The van der Waals surface area contributed by atoms with Crippen LogP contribution in [-0.2, 0) is 11.2 Å². The number of hydrogen-bond acceptors (Lipinski definition) is 4. The quantitative estimate of drug-likeness (QED) is 0.929. The number of nitrogens with zero attached hydrogens (tertiary/aromatic N) is 2. The van der Waals surface area contributed by atoms with Crippen LogP contribution in [0.3, 0.4) is 0 Å². The summed E-state index contributed by atoms with van der Waals surface area (Å²) in [6.45, 7) is 1.64. The molecular formula is C16H19N3O. The lowest BCUT2D eigenvalue weighted by Gasteiger charge is -2.19. The largest absolute Gasteiger partial charge is 0.372 e. The first-order valence-electron chi connectivity index (χ1n) is 7.04. The molecule has 0 saturated heterocycles. The molecule has 1 N–H and O–H groups in total. The Morgan fingerprint density at radius 3 is 3.10 bits per heavy atom. The summed E-state index contributed by atoms with van der Waals surface area (Å²) in [5.41, 5.74) is 4.75. The van der Waals surface area contributed by atoms with E-state index in [0.29, 0.717) is 0 Å². The summed E-state index contributed by atoms with van der Waals surface area (Å²) in [6.07, 6.45) is 7.47. The molecule has 1 unspecified atom stereocenters. The third kappa shape index (κ3) is 2.57. The first-order valence-corrected chi connectivity index (χ1v) is 7.04. The molecule has 20 heavy (non-hydrogen) atoms. The fraction of sp³-hybridized carbons (Fsp3) is 0.375. The molecule has 2 aromatic rings. The van der Waals surface area contributed by atoms with Crippen molar-refractivity contribution in [2.24, 2.45) is 0 Å². The molecule has 0 amide bonds. The van der Waals surface area contributed by atoms with Gasteiger partial charge in [-0.15, -0.1) is 0 Å². The van der Waals surface area contributed by atoms with Crippen molar-refractivity contribution < 1.29 is 4.74 Å². The van der Waals surface area contributed by atoms with Gasteiger partial charge in [-0.25, -0.2) is 0 Å². The number of likely N-dealkylation sites (N-methyl/N-ethyl adjacent to an activating group) is 1. The van der Waals surface area contributed by atoms with E-state index >= 15 is 0 Å². The normalized spacial score (nSPS) is 18.4. The highest BCUT2D eigenvalue weighted by Gasteiger charge is 2.21. The lowest BCUT2D eigenvalue weighted by molar-refractivity contribution is 0.0579. The molecule has 0 aliphatic carbocycles. The second-order valence-electron chi connectivity index (χ2n) is 4.98. The van der Waals surface area contributed by atoms with E-state index in [1.807, 2.05) is 13.2 Å². The van der Waals surface area contributed by atoms with Gasteiger partial charge in [0.1, 0.15) is 0 Å². The first-order chi connectivity index (χ1) is 9.90. The number of aromatic nitrogens is 2. The predicted molar refractivity (Wildman–Crippen MR) is 78.4 cm³/mol. The van der Waals surface area contributed by atoms with Crippen LogP contribution in [0, 0.1) is 0 Å². The van der Waals surface area contributed by atoms with Gasteiger partial charge in [-0.3, -0.25) is 9.97 Å². The maximum atomic E-state index is 5.96. The van der Waals surface area contributed by atoms with E-state index in [-0.39, 0.29) is 6.10 Å². The molecule has 0 radical (unpaired) electrons. The highest BCUT2D eigenvalue weighted by Crippen LogP contribution is 2.32. The maximum Gasteiger partial charge on any atom is 0.0951 e. The SMILES string of the molecule is CNCC1OCCCc2c(-c3cnccn3)cccc21. The van der Waals surface area contributed by atoms with Crippen LogP contribution in [0.4, 0.5) is 0 Å². The Bertz CT molecular complexity index is 571. The van der Waals surface area contributed by atoms with Crippen molar-refractivity contribution in [3.8, 4) is 11.3 Å². The second kappa shape index (κ2) is 6.11. The van der Waals surface area contributed by atoms with Gasteiger partial charge < -0.3 is 10.1 Å². The molecular weight excluding hydrogens is 250 g/mol. The fourth-order valence-corrected chi connectivity index (χ4v) is 2.78. The Morgan fingerprint density at radius 2 is 2.30 bits per heavy atom. The molecule has 1 aliphatic heterocycles. The van der Waals surface area contributed by atoms with Crippen molar-refractivity contribution in [2.45, 2.75) is 18.9 Å². The van der Waals surface area contributed by atoms with E-state index in [9.17, 15) is 0 Å². The molecule has 0 bridgehead atoms. The Morgan fingerprint density at radius 1 is 1.35 bits per heavy atom. The molecule has 1 atom stereocenters. The molecule has 1 aliphatic rings. The summed E-state index contributed by atoms with van der Waals surface area (Å²) < 4.78 is 5.96. The number of benzene rings is 1. The number of fused-ring (bicyclic) bond motifs is 1. The van der Waals surface area contributed by atoms with Gasteiger partial charge in [0.25, 0.3) is 0 Å². The molecule has 2 heterocycles. The highest BCUT2D eigenvalue weighted by atomic mass is 16.5. The van der Waals surface area contributed by atoms with Gasteiger partial charge >= 0.3 is 0 Å². The minimum Gasteiger partial charge on any atom is -0.372 e. The third-order valence-electron chi connectivity index (χ3n) is 3.68. The second-order valence-corrected chi connectivity index (χ2v) is 4.98. The Hall–Kier alpha value is -1.78. The number of nitrogens with one attached hydrogen (secondary N) is 1. The molecule has 1 aromatic heterocycles. The number of ether oxygens (including phenoxy) is 1. The van der Waals surface area contributed by atoms with Gasteiger partial charge in [0.2, 0.25) is 0 Å². The summed E-state index contributed by atoms with van der Waals surface area (Å²) in [5, 5.41) is 3.21. The van der Waals surface area contributed by atoms with Gasteiger partial charge in [0, 0.05) is 31.1 Å². The van der Waals surface area contributed by atoms with E-state index in [0.717, 1.165) is 31.7 Å². The topological polar surface area (TPSA) is 47.0 Å². The Kier molecular flexibility index (Phi) is 4.04. The van der Waals surface area contributed by atoms with Crippen LogP contribution in [0.1, 0.15) is 23.7 Å². The molecule has 1 aromatic carbocycles. The van der Waals surface area contributed by atoms with E-state index in [2.05, 4.69) is 33.5 Å². The van der Waals surface area contributed by atoms with Gasteiger partial charge in [0.05, 0.1) is 18.0 Å². The molecule has 3 rings (SSSR count). The lowest BCUT2D eigenvalue weighted by Crippen LogP contribution is -2.20. The summed E-state index contributed by atoms with van der Waals surface area (Å²) >= 11 is 0. The van der Waals surface area contributed by atoms with Crippen LogP contribution < -0.4 is 5.32 Å². The van der Waals surface area contributed by atoms with E-state index in [1.165, 1.54) is 16.7 Å². The molecule has 4 heteroatoms.